The van der Waals surface area contributed by atoms with Gasteiger partial charge in [-0.2, -0.15) is 0 Å². The SMILES string of the molecule is c1ccc(-n2c3ccccc3c3cc(-c4ccc(-c5ccc6c(c5)Oc5cc7ccccc7cc5O6)cc4)ccc32)cc1.c1ccc(-n2c3ccccc3c3cc(-c4ccc(-c5ccc6c(c5)Oc5cc7ccccc7cc5O6)cn4)ccc32)cc1.c1ccc(-n2c3ccccc3c3cc(-c4ccc(-c5ccc6c(c5)Oc5cc7ccccc7cc5O6)nc4)ccc32)cc1. The molecule has 0 bridgehead atoms. The molecule has 5 aromatic heterocycles. The van der Waals surface area contributed by atoms with Crippen molar-refractivity contribution in [2.75, 3.05) is 0 Å². The fourth-order valence-electron chi connectivity index (χ4n) is 18.6. The molecule has 0 aliphatic carbocycles. The summed E-state index contributed by atoms with van der Waals surface area (Å²) in [5, 5.41) is 14.1. The molecule has 129 heavy (non-hydrogen) atoms. The van der Waals surface area contributed by atoms with Gasteiger partial charge in [-0.15, -0.1) is 0 Å². The third-order valence-electron chi connectivity index (χ3n) is 25.0. The standard InChI is InChI=1S/C40H25NO2.2C39H24N2O2/c1-2-10-32(11-3-1)41-35-13-7-6-12-33(35)34-22-30(18-20-36(34)41)26-14-16-27(17-15-26)31-19-21-37-38(25-31)43-40-24-29-9-5-4-8-28(29)23-39(40)42-37;1-2-10-30(11-3-1)41-34-13-7-6-12-31(34)32-20-28(15-18-35(32)41)33-17-14-29(24-40-33)27-16-19-36-37(23-27)43-39-22-26-9-5-4-8-25(26)21-38(39)42-36;1-2-10-30(11-3-1)41-34-13-7-6-12-31(34)32-20-27(15-18-35(32)41)29-14-17-33(40-24-29)28-16-19-36-37(23-28)43-39-22-26-9-5-4-8-25(26)21-38(39)42-36/h1-25H;2*1-24H. The van der Waals surface area contributed by atoms with Gasteiger partial charge in [0.15, 0.2) is 69.0 Å². The van der Waals surface area contributed by atoms with Crippen molar-refractivity contribution in [1.82, 2.24) is 23.7 Å². The van der Waals surface area contributed by atoms with Gasteiger partial charge in [-0.3, -0.25) is 9.97 Å². The Morgan fingerprint density at radius 1 is 0.147 bits per heavy atom. The van der Waals surface area contributed by atoms with E-state index in [0.29, 0.717) is 23.0 Å². The van der Waals surface area contributed by atoms with Gasteiger partial charge in [0.25, 0.3) is 0 Å². The van der Waals surface area contributed by atoms with Crippen LogP contribution in [0.3, 0.4) is 0 Å². The minimum absolute atomic E-state index is 0.686. The highest BCUT2D eigenvalue weighted by Crippen LogP contribution is 2.53. The van der Waals surface area contributed by atoms with Gasteiger partial charge in [-0.1, -0.05) is 249 Å². The molecule has 19 aromatic carbocycles. The Labute approximate surface area is 741 Å². The van der Waals surface area contributed by atoms with E-state index in [2.05, 4.69) is 335 Å². The highest BCUT2D eigenvalue weighted by atomic mass is 16.6. The smallest absolute Gasteiger partial charge is 0.170 e. The van der Waals surface area contributed by atoms with Gasteiger partial charge in [0.05, 0.1) is 44.5 Å². The van der Waals surface area contributed by atoms with Crippen molar-refractivity contribution in [2.24, 2.45) is 0 Å². The normalized spacial score (nSPS) is 12.1. The maximum Gasteiger partial charge on any atom is 0.170 e. The van der Waals surface area contributed by atoms with Crippen molar-refractivity contribution in [3.05, 3.63) is 443 Å². The third kappa shape index (κ3) is 13.3. The van der Waals surface area contributed by atoms with Gasteiger partial charge in [0.2, 0.25) is 0 Å². The molecule has 0 atom stereocenters. The van der Waals surface area contributed by atoms with Crippen molar-refractivity contribution >= 4 is 97.7 Å². The van der Waals surface area contributed by atoms with Crippen molar-refractivity contribution in [3.63, 3.8) is 0 Å². The molecule has 606 valence electrons. The first-order valence-corrected chi connectivity index (χ1v) is 43.2. The topological polar surface area (TPSA) is 96.0 Å². The summed E-state index contributed by atoms with van der Waals surface area (Å²) < 4.78 is 44.6. The summed E-state index contributed by atoms with van der Waals surface area (Å²) in [6, 6.07) is 150. The number of ether oxygens (including phenoxy) is 6. The predicted octanol–water partition coefficient (Wildman–Crippen LogP) is 32.3. The molecule has 0 spiro atoms. The zero-order valence-corrected chi connectivity index (χ0v) is 69.3. The molecule has 27 rings (SSSR count). The van der Waals surface area contributed by atoms with Crippen LogP contribution in [0.1, 0.15) is 0 Å². The van der Waals surface area contributed by atoms with Gasteiger partial charge in [0.1, 0.15) is 0 Å². The van der Waals surface area contributed by atoms with Gasteiger partial charge < -0.3 is 42.1 Å². The van der Waals surface area contributed by atoms with Crippen LogP contribution < -0.4 is 28.4 Å². The lowest BCUT2D eigenvalue weighted by Crippen LogP contribution is -1.99. The van der Waals surface area contributed by atoms with E-state index in [1.165, 1.54) is 82.2 Å². The highest BCUT2D eigenvalue weighted by molar-refractivity contribution is 6.13. The van der Waals surface area contributed by atoms with Crippen molar-refractivity contribution in [2.45, 2.75) is 0 Å². The Morgan fingerprint density at radius 2 is 0.372 bits per heavy atom. The summed E-state index contributed by atoms with van der Waals surface area (Å²) in [6.07, 6.45) is 3.88. The van der Waals surface area contributed by atoms with Crippen molar-refractivity contribution < 1.29 is 28.4 Å². The van der Waals surface area contributed by atoms with Crippen molar-refractivity contribution in [1.29, 1.82) is 0 Å². The minimum Gasteiger partial charge on any atom is -0.449 e. The average Bonchev–Trinajstić information content (AvgIpc) is 1.59. The molecule has 11 nitrogen and oxygen atoms in total. The van der Waals surface area contributed by atoms with Crippen LogP contribution in [0.2, 0.25) is 0 Å². The fourth-order valence-corrected chi connectivity index (χ4v) is 18.6. The third-order valence-corrected chi connectivity index (χ3v) is 25.0. The Hall–Kier alpha value is -17.5. The summed E-state index contributed by atoms with van der Waals surface area (Å²) in [6.45, 7) is 0. The number of hydrogen-bond acceptors (Lipinski definition) is 8. The van der Waals surface area contributed by atoms with Crippen LogP contribution in [-0.4, -0.2) is 23.7 Å². The molecule has 3 aliphatic heterocycles. The molecule has 0 unspecified atom stereocenters. The molecule has 0 saturated heterocycles. The number of hydrogen-bond donors (Lipinski definition) is 0. The van der Waals surface area contributed by atoms with E-state index in [4.69, 9.17) is 38.4 Å². The zero-order chi connectivity index (χ0) is 85.0. The van der Waals surface area contributed by atoms with E-state index in [-0.39, 0.29) is 0 Å². The second kappa shape index (κ2) is 30.8. The second-order valence-corrected chi connectivity index (χ2v) is 32.7. The zero-order valence-electron chi connectivity index (χ0n) is 69.3. The maximum absolute atomic E-state index is 6.32. The largest absolute Gasteiger partial charge is 0.449 e. The first kappa shape index (κ1) is 74.1. The summed E-state index contributed by atoms with van der Waals surface area (Å²) in [7, 11) is 0. The quantitative estimate of drug-likeness (QED) is 0.141. The van der Waals surface area contributed by atoms with Crippen molar-refractivity contribution in [3.8, 4) is 153 Å². The molecule has 24 aromatic rings. The van der Waals surface area contributed by atoms with E-state index < -0.39 is 0 Å². The van der Waals surface area contributed by atoms with Crippen LogP contribution in [0.5, 0.6) is 69.0 Å². The van der Waals surface area contributed by atoms with Crippen LogP contribution in [0.15, 0.2) is 443 Å². The molecular formula is C118H73N5O6. The number of pyridine rings is 2. The van der Waals surface area contributed by atoms with Crippen LogP contribution >= 0.6 is 0 Å². The van der Waals surface area contributed by atoms with Crippen LogP contribution in [0.4, 0.5) is 0 Å². The molecule has 0 fully saturated rings. The van der Waals surface area contributed by atoms with Gasteiger partial charge in [0, 0.05) is 84.0 Å². The molecule has 0 amide bonds. The van der Waals surface area contributed by atoms with Gasteiger partial charge in [-0.25, -0.2) is 0 Å². The Balaban J connectivity index is 0.000000105. The number of aromatic nitrogens is 5. The van der Waals surface area contributed by atoms with Gasteiger partial charge in [-0.05, 0) is 248 Å². The summed E-state index contributed by atoms with van der Waals surface area (Å²) in [5.41, 5.74) is 23.3. The summed E-state index contributed by atoms with van der Waals surface area (Å²) in [4.78, 5) is 9.73. The fraction of sp³-hybridized carbons (Fsp3) is 0. The average molecular weight is 1660 g/mol. The predicted molar refractivity (Wildman–Crippen MR) is 523 cm³/mol. The molecule has 0 radical (unpaired) electrons. The molecular weight excluding hydrogens is 1580 g/mol. The summed E-state index contributed by atoms with van der Waals surface area (Å²) in [5.74, 6) is 8.63. The number of para-hydroxylation sites is 6. The first-order valence-electron chi connectivity index (χ1n) is 43.2. The van der Waals surface area contributed by atoms with E-state index in [9.17, 15) is 0 Å². The number of nitrogens with zero attached hydrogens (tertiary/aromatic N) is 5. The molecule has 0 saturated carbocycles. The Bertz CT molecular complexity index is 7810. The maximum atomic E-state index is 6.32. The van der Waals surface area contributed by atoms with Crippen LogP contribution in [0.25, 0.3) is 182 Å². The van der Waals surface area contributed by atoms with E-state index in [1.807, 2.05) is 122 Å². The van der Waals surface area contributed by atoms with E-state index >= 15 is 0 Å². The summed E-state index contributed by atoms with van der Waals surface area (Å²) >= 11 is 0. The molecule has 8 heterocycles. The number of benzene rings is 19. The van der Waals surface area contributed by atoms with E-state index in [1.54, 1.807) is 0 Å². The van der Waals surface area contributed by atoms with Crippen LogP contribution in [0, 0.1) is 0 Å². The molecule has 0 N–H and O–H groups in total. The highest BCUT2D eigenvalue weighted by Gasteiger charge is 2.26. The minimum atomic E-state index is 0.686. The number of fused-ring (bicyclic) bond motifs is 18. The lowest BCUT2D eigenvalue weighted by atomic mass is 9.98. The lowest BCUT2D eigenvalue weighted by Gasteiger charge is -2.22. The Kier molecular flexibility index (Phi) is 17.7. The molecule has 11 heteroatoms. The van der Waals surface area contributed by atoms with Gasteiger partial charge >= 0.3 is 0 Å². The van der Waals surface area contributed by atoms with Crippen LogP contribution in [-0.2, 0) is 0 Å². The first-order chi connectivity index (χ1) is 63.8. The lowest BCUT2D eigenvalue weighted by molar-refractivity contribution is 0.360. The second-order valence-electron chi connectivity index (χ2n) is 32.7. The Morgan fingerprint density at radius 3 is 0.713 bits per heavy atom. The number of rotatable bonds is 9. The monoisotopic (exact) mass is 1660 g/mol. The molecule has 3 aliphatic rings. The van der Waals surface area contributed by atoms with E-state index in [0.717, 1.165) is 146 Å².